The number of carbonyl (C=O) groups excluding carboxylic acids is 2. The van der Waals surface area contributed by atoms with Crippen LogP contribution in [0.1, 0.15) is 32.7 Å². The Morgan fingerprint density at radius 1 is 0.730 bits per heavy atom. The van der Waals surface area contributed by atoms with E-state index in [2.05, 4.69) is 5.16 Å². The fourth-order valence-corrected chi connectivity index (χ4v) is 5.32. The Labute approximate surface area is 230 Å². The maximum atomic E-state index is 13.0. The SMILES string of the molecule is CO/N=C(\CCSc1ccc(Cl)cc1)C(=O)c1ccc(Sc2ccc(C(=O)c3ccccc3)cc2)cc1. The van der Waals surface area contributed by atoms with E-state index < -0.39 is 0 Å². The van der Waals surface area contributed by atoms with Gasteiger partial charge < -0.3 is 4.84 Å². The molecule has 0 unspecified atom stereocenters. The van der Waals surface area contributed by atoms with Crippen LogP contribution in [0.2, 0.25) is 5.02 Å². The van der Waals surface area contributed by atoms with Gasteiger partial charge in [-0.1, -0.05) is 58.9 Å². The number of Topliss-reactive ketones (excluding diaryl/α,β-unsaturated/α-hetero) is 1. The first-order chi connectivity index (χ1) is 18.0. The number of nitrogens with zero attached hydrogens (tertiary/aromatic N) is 1. The van der Waals surface area contributed by atoms with Gasteiger partial charge >= 0.3 is 0 Å². The molecule has 0 amide bonds. The summed E-state index contributed by atoms with van der Waals surface area (Å²) in [5.74, 6) is 0.533. The monoisotopic (exact) mass is 545 g/mol. The maximum absolute atomic E-state index is 13.0. The molecule has 0 saturated carbocycles. The van der Waals surface area contributed by atoms with E-state index in [9.17, 15) is 9.59 Å². The van der Waals surface area contributed by atoms with Crippen molar-refractivity contribution in [3.8, 4) is 0 Å². The van der Waals surface area contributed by atoms with Crippen molar-refractivity contribution in [1.29, 1.82) is 0 Å². The molecule has 0 N–H and O–H groups in total. The van der Waals surface area contributed by atoms with Crippen molar-refractivity contribution in [2.75, 3.05) is 12.9 Å². The molecule has 4 aromatic carbocycles. The number of halogens is 1. The number of hydrogen-bond acceptors (Lipinski definition) is 6. The van der Waals surface area contributed by atoms with Crippen LogP contribution in [0.4, 0.5) is 0 Å². The second-order valence-electron chi connectivity index (χ2n) is 7.95. The predicted molar refractivity (Wildman–Crippen MR) is 152 cm³/mol. The summed E-state index contributed by atoms with van der Waals surface area (Å²) in [5, 5.41) is 4.67. The van der Waals surface area contributed by atoms with Crippen molar-refractivity contribution in [3.05, 3.63) is 125 Å². The van der Waals surface area contributed by atoms with Crippen molar-refractivity contribution in [2.24, 2.45) is 5.16 Å². The fourth-order valence-electron chi connectivity index (χ4n) is 3.51. The predicted octanol–water partition coefficient (Wildman–Crippen LogP) is 8.09. The van der Waals surface area contributed by atoms with E-state index in [-0.39, 0.29) is 11.6 Å². The number of rotatable bonds is 11. The molecule has 0 aliphatic heterocycles. The molecular weight excluding hydrogens is 522 g/mol. The number of ketones is 2. The first-order valence-corrected chi connectivity index (χ1v) is 13.7. The van der Waals surface area contributed by atoms with Gasteiger partial charge in [0, 0.05) is 48.6 Å². The van der Waals surface area contributed by atoms with Gasteiger partial charge in [-0.05, 0) is 72.8 Å². The van der Waals surface area contributed by atoms with Crippen LogP contribution < -0.4 is 0 Å². The Kier molecular flexibility index (Phi) is 9.60. The van der Waals surface area contributed by atoms with E-state index in [0.29, 0.717) is 39.6 Å². The molecule has 0 atom stereocenters. The lowest BCUT2D eigenvalue weighted by Crippen LogP contribution is -2.15. The number of carbonyl (C=O) groups is 2. The first kappa shape index (κ1) is 26.7. The van der Waals surface area contributed by atoms with E-state index in [1.54, 1.807) is 35.7 Å². The van der Waals surface area contributed by atoms with Gasteiger partial charge in [-0.25, -0.2) is 0 Å². The minimum absolute atomic E-state index is 0.000100. The normalized spacial score (nSPS) is 11.2. The molecule has 0 saturated heterocycles. The molecular formula is C30H24ClNO3S2. The molecule has 0 bridgehead atoms. The van der Waals surface area contributed by atoms with Crippen molar-refractivity contribution < 1.29 is 14.4 Å². The van der Waals surface area contributed by atoms with E-state index >= 15 is 0 Å². The van der Waals surface area contributed by atoms with Crippen LogP contribution in [0.5, 0.6) is 0 Å². The lowest BCUT2D eigenvalue weighted by Gasteiger charge is -2.07. The summed E-state index contributed by atoms with van der Waals surface area (Å²) in [6.07, 6.45) is 0.477. The van der Waals surface area contributed by atoms with Gasteiger partial charge in [-0.3, -0.25) is 9.59 Å². The molecule has 0 radical (unpaired) electrons. The summed E-state index contributed by atoms with van der Waals surface area (Å²) < 4.78 is 0. The molecule has 4 rings (SSSR count). The van der Waals surface area contributed by atoms with Crippen molar-refractivity contribution in [2.45, 2.75) is 21.1 Å². The number of benzene rings is 4. The van der Waals surface area contributed by atoms with Crippen molar-refractivity contribution in [1.82, 2.24) is 0 Å². The third-order valence-corrected chi connectivity index (χ3v) is 7.67. The highest BCUT2D eigenvalue weighted by Crippen LogP contribution is 2.29. The van der Waals surface area contributed by atoms with Crippen LogP contribution in [0.15, 0.2) is 123 Å². The molecule has 37 heavy (non-hydrogen) atoms. The molecule has 0 spiro atoms. The molecule has 4 aromatic rings. The fraction of sp³-hybridized carbons (Fsp3) is 0.100. The zero-order valence-corrected chi connectivity index (χ0v) is 22.5. The maximum Gasteiger partial charge on any atom is 0.210 e. The second-order valence-corrected chi connectivity index (χ2v) is 10.7. The highest BCUT2D eigenvalue weighted by atomic mass is 35.5. The Balaban J connectivity index is 1.35. The largest absolute Gasteiger partial charge is 0.399 e. The lowest BCUT2D eigenvalue weighted by molar-refractivity contribution is 0.103. The summed E-state index contributed by atoms with van der Waals surface area (Å²) >= 11 is 9.13. The Morgan fingerprint density at radius 2 is 1.27 bits per heavy atom. The topological polar surface area (TPSA) is 55.7 Å². The van der Waals surface area contributed by atoms with E-state index in [1.807, 2.05) is 91.0 Å². The third-order valence-electron chi connectivity index (χ3n) is 5.39. The van der Waals surface area contributed by atoms with Crippen LogP contribution in [0, 0.1) is 0 Å². The first-order valence-electron chi connectivity index (χ1n) is 11.5. The average molecular weight is 546 g/mol. The van der Waals surface area contributed by atoms with Gasteiger partial charge in [0.15, 0.2) is 5.78 Å². The van der Waals surface area contributed by atoms with Crippen molar-refractivity contribution >= 4 is 52.4 Å². The minimum atomic E-state index is -0.154. The van der Waals surface area contributed by atoms with Gasteiger partial charge in [0.05, 0.1) is 0 Å². The lowest BCUT2D eigenvalue weighted by atomic mass is 10.0. The van der Waals surface area contributed by atoms with Gasteiger partial charge in [-0.2, -0.15) is 0 Å². The van der Waals surface area contributed by atoms with Gasteiger partial charge in [0.25, 0.3) is 0 Å². The van der Waals surface area contributed by atoms with Crippen LogP contribution in [-0.4, -0.2) is 30.1 Å². The van der Waals surface area contributed by atoms with Gasteiger partial charge in [0.2, 0.25) is 5.78 Å². The summed E-state index contributed by atoms with van der Waals surface area (Å²) in [6.45, 7) is 0. The molecule has 0 fully saturated rings. The summed E-state index contributed by atoms with van der Waals surface area (Å²) in [7, 11) is 1.44. The smallest absolute Gasteiger partial charge is 0.210 e. The zero-order valence-electron chi connectivity index (χ0n) is 20.1. The Bertz CT molecular complexity index is 1370. The number of hydrogen-bond donors (Lipinski definition) is 0. The minimum Gasteiger partial charge on any atom is -0.399 e. The van der Waals surface area contributed by atoms with Crippen molar-refractivity contribution in [3.63, 3.8) is 0 Å². The number of oxime groups is 1. The summed E-state index contributed by atoms with van der Waals surface area (Å²) in [6, 6.07) is 31.8. The molecule has 0 aromatic heterocycles. The van der Waals surface area contributed by atoms with Gasteiger partial charge in [0.1, 0.15) is 12.8 Å². The molecule has 186 valence electrons. The van der Waals surface area contributed by atoms with Crippen LogP contribution in [0.25, 0.3) is 0 Å². The van der Waals surface area contributed by atoms with E-state index in [4.69, 9.17) is 16.4 Å². The zero-order chi connectivity index (χ0) is 26.0. The molecule has 0 aliphatic carbocycles. The molecule has 7 heteroatoms. The standard InChI is InChI=1S/C30H24ClNO3S2/c1-35-32-28(19-20-36-25-17-11-24(31)12-18-25)30(34)23-9-15-27(16-10-23)37-26-13-7-22(8-14-26)29(33)21-5-3-2-4-6-21/h2-18H,19-20H2,1H3/b32-28+. The van der Waals surface area contributed by atoms with E-state index in [0.717, 1.165) is 14.7 Å². The third kappa shape index (κ3) is 7.59. The Hall–Kier alpha value is -3.32. The molecule has 0 aliphatic rings. The Morgan fingerprint density at radius 3 is 1.86 bits per heavy atom. The quantitative estimate of drug-likeness (QED) is 0.0824. The second kappa shape index (κ2) is 13.3. The van der Waals surface area contributed by atoms with Gasteiger partial charge in [-0.15, -0.1) is 11.8 Å². The van der Waals surface area contributed by atoms with Crippen LogP contribution >= 0.6 is 35.1 Å². The molecule has 0 heterocycles. The molecule has 4 nitrogen and oxygen atoms in total. The van der Waals surface area contributed by atoms with Crippen LogP contribution in [-0.2, 0) is 4.84 Å². The van der Waals surface area contributed by atoms with Crippen LogP contribution in [0.3, 0.4) is 0 Å². The average Bonchev–Trinajstić information content (AvgIpc) is 2.94. The summed E-state index contributed by atoms with van der Waals surface area (Å²) in [5.41, 5.74) is 2.25. The summed E-state index contributed by atoms with van der Waals surface area (Å²) in [4.78, 5) is 33.6. The highest BCUT2D eigenvalue weighted by molar-refractivity contribution is 7.99. The number of thioether (sulfide) groups is 1. The highest BCUT2D eigenvalue weighted by Gasteiger charge is 2.16. The van der Waals surface area contributed by atoms with E-state index in [1.165, 1.54) is 7.11 Å².